The van der Waals surface area contributed by atoms with E-state index in [-0.39, 0.29) is 11.1 Å². The van der Waals surface area contributed by atoms with Gasteiger partial charge in [0.05, 0.1) is 5.02 Å². The lowest BCUT2D eigenvalue weighted by Gasteiger charge is -2.15. The smallest absolute Gasteiger partial charge is 0.145 e. The molecular weight excluding hydrogens is 396 g/mol. The summed E-state index contributed by atoms with van der Waals surface area (Å²) in [6, 6.07) is 10.4. The van der Waals surface area contributed by atoms with Crippen LogP contribution in [0.4, 0.5) is 4.39 Å². The summed E-state index contributed by atoms with van der Waals surface area (Å²) in [5.74, 6) is -0.397. The highest BCUT2D eigenvalue weighted by atomic mass is 79.9. The molecule has 1 nitrogen and oxygen atoms in total. The van der Waals surface area contributed by atoms with Crippen LogP contribution in [0.1, 0.15) is 17.2 Å². The Morgan fingerprint density at radius 1 is 1.21 bits per heavy atom. The van der Waals surface area contributed by atoms with Crippen molar-refractivity contribution < 1.29 is 4.39 Å². The van der Waals surface area contributed by atoms with Crippen molar-refractivity contribution in [2.24, 2.45) is 5.73 Å². The summed E-state index contributed by atoms with van der Waals surface area (Å²) in [6.07, 6.45) is 0.390. The summed E-state index contributed by atoms with van der Waals surface area (Å²) >= 11 is 12.6. The second kappa shape index (κ2) is 6.35. The second-order valence-corrected chi connectivity index (χ2v) is 6.37. The van der Waals surface area contributed by atoms with E-state index in [4.69, 9.17) is 17.3 Å². The third-order valence-corrected chi connectivity index (χ3v) is 4.34. The molecule has 0 heterocycles. The van der Waals surface area contributed by atoms with E-state index < -0.39 is 5.82 Å². The molecule has 0 radical (unpaired) electrons. The predicted molar refractivity (Wildman–Crippen MR) is 83.9 cm³/mol. The number of rotatable bonds is 3. The molecule has 0 fully saturated rings. The number of nitrogens with two attached hydrogens (primary N) is 1. The molecular formula is C14H11Br2ClFN. The maximum atomic E-state index is 13.8. The molecule has 2 aromatic carbocycles. The van der Waals surface area contributed by atoms with Gasteiger partial charge in [0.2, 0.25) is 0 Å². The van der Waals surface area contributed by atoms with E-state index >= 15 is 0 Å². The van der Waals surface area contributed by atoms with E-state index in [1.165, 1.54) is 6.07 Å². The van der Waals surface area contributed by atoms with Crippen molar-refractivity contribution >= 4 is 43.5 Å². The minimum atomic E-state index is -0.397. The molecule has 2 rings (SSSR count). The van der Waals surface area contributed by atoms with Crippen LogP contribution in [0, 0.1) is 5.82 Å². The third-order valence-electron chi connectivity index (χ3n) is 2.83. The number of hydrogen-bond donors (Lipinski definition) is 1. The SMILES string of the molecule is NC(Cc1cccc(Cl)c1F)c1cc(Br)ccc1Br. The Balaban J connectivity index is 2.28. The highest BCUT2D eigenvalue weighted by Crippen LogP contribution is 2.29. The Hall–Kier alpha value is -0.420. The van der Waals surface area contributed by atoms with Gasteiger partial charge in [-0.25, -0.2) is 4.39 Å². The molecule has 19 heavy (non-hydrogen) atoms. The summed E-state index contributed by atoms with van der Waals surface area (Å²) in [6.45, 7) is 0. The van der Waals surface area contributed by atoms with Crippen molar-refractivity contribution in [3.05, 3.63) is 67.3 Å². The van der Waals surface area contributed by atoms with Crippen LogP contribution < -0.4 is 5.73 Å². The average Bonchev–Trinajstić information content (AvgIpc) is 2.38. The Morgan fingerprint density at radius 2 is 1.95 bits per heavy atom. The van der Waals surface area contributed by atoms with Crippen LogP contribution in [0.25, 0.3) is 0 Å². The molecule has 0 aromatic heterocycles. The molecule has 0 aliphatic rings. The molecule has 1 atom stereocenters. The van der Waals surface area contributed by atoms with Crippen LogP contribution in [0.3, 0.4) is 0 Å². The van der Waals surface area contributed by atoms with E-state index in [9.17, 15) is 4.39 Å². The van der Waals surface area contributed by atoms with Gasteiger partial charge in [0.1, 0.15) is 5.82 Å². The zero-order chi connectivity index (χ0) is 14.0. The van der Waals surface area contributed by atoms with Crippen molar-refractivity contribution in [2.45, 2.75) is 12.5 Å². The van der Waals surface area contributed by atoms with Gasteiger partial charge in [0.25, 0.3) is 0 Å². The van der Waals surface area contributed by atoms with Gasteiger partial charge in [-0.1, -0.05) is 55.6 Å². The average molecular weight is 408 g/mol. The van der Waals surface area contributed by atoms with Crippen LogP contribution in [0.5, 0.6) is 0 Å². The van der Waals surface area contributed by atoms with Crippen LogP contribution in [0.15, 0.2) is 45.3 Å². The van der Waals surface area contributed by atoms with Gasteiger partial charge in [-0.3, -0.25) is 0 Å². The summed E-state index contributed by atoms with van der Waals surface area (Å²) < 4.78 is 15.7. The summed E-state index contributed by atoms with van der Waals surface area (Å²) in [5.41, 5.74) is 7.60. The molecule has 2 N–H and O–H groups in total. The molecule has 0 amide bonds. The normalized spacial score (nSPS) is 12.5. The monoisotopic (exact) mass is 405 g/mol. The molecule has 100 valence electrons. The van der Waals surface area contributed by atoms with Gasteiger partial charge < -0.3 is 5.73 Å². The summed E-state index contributed by atoms with van der Waals surface area (Å²) in [7, 11) is 0. The Bertz CT molecular complexity index is 604. The fourth-order valence-electron chi connectivity index (χ4n) is 1.85. The summed E-state index contributed by atoms with van der Waals surface area (Å²) in [5, 5.41) is 0.123. The highest BCUT2D eigenvalue weighted by molar-refractivity contribution is 9.11. The zero-order valence-corrected chi connectivity index (χ0v) is 13.8. The van der Waals surface area contributed by atoms with E-state index in [0.717, 1.165) is 14.5 Å². The minimum Gasteiger partial charge on any atom is -0.324 e. The van der Waals surface area contributed by atoms with Gasteiger partial charge in [-0.2, -0.15) is 0 Å². The predicted octanol–water partition coefficient (Wildman–Crippen LogP) is 5.25. The lowest BCUT2D eigenvalue weighted by molar-refractivity contribution is 0.593. The van der Waals surface area contributed by atoms with Crippen molar-refractivity contribution in [2.75, 3.05) is 0 Å². The molecule has 0 saturated heterocycles. The molecule has 0 aliphatic heterocycles. The Labute approximate surface area is 133 Å². The third kappa shape index (κ3) is 3.57. The first kappa shape index (κ1) is 15.0. The highest BCUT2D eigenvalue weighted by Gasteiger charge is 2.14. The topological polar surface area (TPSA) is 26.0 Å². The second-order valence-electron chi connectivity index (χ2n) is 4.19. The van der Waals surface area contributed by atoms with Crippen LogP contribution in [0.2, 0.25) is 5.02 Å². The van der Waals surface area contributed by atoms with Gasteiger partial charge in [-0.15, -0.1) is 0 Å². The molecule has 2 aromatic rings. The van der Waals surface area contributed by atoms with Crippen LogP contribution in [-0.2, 0) is 6.42 Å². The quantitative estimate of drug-likeness (QED) is 0.739. The lowest BCUT2D eigenvalue weighted by Crippen LogP contribution is -2.15. The number of benzene rings is 2. The maximum Gasteiger partial charge on any atom is 0.145 e. The van der Waals surface area contributed by atoms with E-state index in [2.05, 4.69) is 31.9 Å². The van der Waals surface area contributed by atoms with Crippen molar-refractivity contribution in [1.82, 2.24) is 0 Å². The van der Waals surface area contributed by atoms with E-state index in [1.807, 2.05) is 18.2 Å². The van der Waals surface area contributed by atoms with Crippen molar-refractivity contribution in [1.29, 1.82) is 0 Å². The van der Waals surface area contributed by atoms with Crippen molar-refractivity contribution in [3.63, 3.8) is 0 Å². The molecule has 0 spiro atoms. The summed E-state index contributed by atoms with van der Waals surface area (Å²) in [4.78, 5) is 0. The molecule has 1 unspecified atom stereocenters. The molecule has 0 aliphatic carbocycles. The largest absolute Gasteiger partial charge is 0.324 e. The minimum absolute atomic E-state index is 0.123. The standard InChI is InChI=1S/C14H11Br2ClFN/c15-9-4-5-11(16)10(7-9)13(19)6-8-2-1-3-12(17)14(8)18/h1-5,7,13H,6,19H2. The fourth-order valence-corrected chi connectivity index (χ4v) is 2.97. The number of halogens is 4. The van der Waals surface area contributed by atoms with Gasteiger partial charge >= 0.3 is 0 Å². The van der Waals surface area contributed by atoms with E-state index in [1.54, 1.807) is 12.1 Å². The van der Waals surface area contributed by atoms with E-state index in [0.29, 0.717) is 12.0 Å². The van der Waals surface area contributed by atoms with Crippen molar-refractivity contribution in [3.8, 4) is 0 Å². The van der Waals surface area contributed by atoms with Crippen LogP contribution in [-0.4, -0.2) is 0 Å². The van der Waals surface area contributed by atoms with Gasteiger partial charge in [0.15, 0.2) is 0 Å². The fraction of sp³-hybridized carbons (Fsp3) is 0.143. The first-order valence-electron chi connectivity index (χ1n) is 5.62. The van der Waals surface area contributed by atoms with Gasteiger partial charge in [0, 0.05) is 15.0 Å². The van der Waals surface area contributed by atoms with Gasteiger partial charge in [-0.05, 0) is 41.8 Å². The molecule has 0 bridgehead atoms. The Morgan fingerprint density at radius 3 is 2.68 bits per heavy atom. The maximum absolute atomic E-state index is 13.8. The number of hydrogen-bond acceptors (Lipinski definition) is 1. The Kier molecular flexibility index (Phi) is 5.01. The molecule has 0 saturated carbocycles. The zero-order valence-electron chi connectivity index (χ0n) is 9.84. The lowest BCUT2D eigenvalue weighted by atomic mass is 9.99. The van der Waals surface area contributed by atoms with Crippen LogP contribution >= 0.6 is 43.5 Å². The first-order valence-corrected chi connectivity index (χ1v) is 7.59. The molecule has 5 heteroatoms. The first-order chi connectivity index (χ1) is 8.99.